The summed E-state index contributed by atoms with van der Waals surface area (Å²) in [6, 6.07) is 0. The third kappa shape index (κ3) is 4.44. The quantitative estimate of drug-likeness (QED) is 0.787. The fraction of sp³-hybridized carbons (Fsp3) is 0.800. The van der Waals surface area contributed by atoms with E-state index in [-0.39, 0.29) is 23.8 Å². The van der Waals surface area contributed by atoms with Crippen molar-refractivity contribution in [3.63, 3.8) is 0 Å². The Morgan fingerprint density at radius 1 is 1.29 bits per heavy atom. The number of nitrogens with one attached hydrogen (secondary N) is 1. The van der Waals surface area contributed by atoms with E-state index in [1.165, 1.54) is 0 Å². The summed E-state index contributed by atoms with van der Waals surface area (Å²) in [5.74, 6) is -0.105. The molecule has 21 heavy (non-hydrogen) atoms. The lowest BCUT2D eigenvalue weighted by molar-refractivity contribution is -0.126. The van der Waals surface area contributed by atoms with Crippen LogP contribution >= 0.6 is 0 Å². The van der Waals surface area contributed by atoms with E-state index >= 15 is 0 Å². The molecular weight excluding hydrogens is 272 g/mol. The Kier molecular flexibility index (Phi) is 4.54. The lowest BCUT2D eigenvalue weighted by Gasteiger charge is -2.34. The molecule has 0 aromatic carbocycles. The Morgan fingerprint density at radius 3 is 2.38 bits per heavy atom. The Balaban J connectivity index is 1.77. The Bertz CT molecular complexity index is 433. The molecule has 2 heterocycles. The first-order valence-electron chi connectivity index (χ1n) is 7.56. The Hall–Kier alpha value is -1.59. The van der Waals surface area contributed by atoms with E-state index in [0.717, 1.165) is 19.3 Å². The van der Waals surface area contributed by atoms with E-state index in [9.17, 15) is 14.4 Å². The molecule has 0 radical (unpaired) electrons. The van der Waals surface area contributed by atoms with Gasteiger partial charge in [-0.2, -0.15) is 0 Å². The van der Waals surface area contributed by atoms with Crippen LogP contribution in [0.4, 0.5) is 4.79 Å². The van der Waals surface area contributed by atoms with E-state index in [2.05, 4.69) is 5.32 Å². The highest BCUT2D eigenvalue weighted by atomic mass is 16.6. The van der Waals surface area contributed by atoms with Gasteiger partial charge in [-0.15, -0.1) is 0 Å². The molecule has 0 aliphatic carbocycles. The standard InChI is InChI=1S/C15H24N2O4/c1-15(2,3)21-14(20)17-6-4-10(5-7-17)8-11-9-12(18)16-13(11)19/h10-11H,4-9H2,1-3H3,(H,16,18,19). The second kappa shape index (κ2) is 6.03. The van der Waals surface area contributed by atoms with Gasteiger partial charge in [0, 0.05) is 25.4 Å². The fourth-order valence-electron chi connectivity index (χ4n) is 2.88. The van der Waals surface area contributed by atoms with E-state index in [0.29, 0.717) is 25.4 Å². The molecular formula is C15H24N2O4. The van der Waals surface area contributed by atoms with Gasteiger partial charge in [0.15, 0.2) is 0 Å². The number of hydrogen-bond acceptors (Lipinski definition) is 4. The summed E-state index contributed by atoms with van der Waals surface area (Å²) in [7, 11) is 0. The lowest BCUT2D eigenvalue weighted by atomic mass is 9.86. The van der Waals surface area contributed by atoms with Crippen LogP contribution in [0, 0.1) is 11.8 Å². The van der Waals surface area contributed by atoms with Gasteiger partial charge in [-0.05, 0) is 46.0 Å². The summed E-state index contributed by atoms with van der Waals surface area (Å²) in [5.41, 5.74) is -0.476. The molecule has 0 aromatic rings. The van der Waals surface area contributed by atoms with Gasteiger partial charge < -0.3 is 9.64 Å². The summed E-state index contributed by atoms with van der Waals surface area (Å²) in [5, 5.41) is 2.35. The number of hydrogen-bond donors (Lipinski definition) is 1. The van der Waals surface area contributed by atoms with Gasteiger partial charge in [-0.3, -0.25) is 14.9 Å². The van der Waals surface area contributed by atoms with Crippen molar-refractivity contribution in [1.29, 1.82) is 0 Å². The SMILES string of the molecule is CC(C)(C)OC(=O)N1CCC(CC2CC(=O)NC2=O)CC1. The molecule has 0 spiro atoms. The van der Waals surface area contributed by atoms with Crippen molar-refractivity contribution in [3.8, 4) is 0 Å². The average molecular weight is 296 g/mol. The van der Waals surface area contributed by atoms with Gasteiger partial charge in [0.25, 0.3) is 0 Å². The smallest absolute Gasteiger partial charge is 0.410 e. The number of nitrogens with zero attached hydrogens (tertiary/aromatic N) is 1. The first kappa shape index (κ1) is 15.8. The van der Waals surface area contributed by atoms with Gasteiger partial charge in [0.05, 0.1) is 0 Å². The van der Waals surface area contributed by atoms with Crippen molar-refractivity contribution in [1.82, 2.24) is 10.2 Å². The number of piperidine rings is 1. The zero-order valence-corrected chi connectivity index (χ0v) is 13.0. The molecule has 0 bridgehead atoms. The second-order valence-corrected chi connectivity index (χ2v) is 6.96. The highest BCUT2D eigenvalue weighted by Crippen LogP contribution is 2.28. The molecule has 2 aliphatic rings. The zero-order valence-electron chi connectivity index (χ0n) is 13.0. The Morgan fingerprint density at radius 2 is 1.90 bits per heavy atom. The van der Waals surface area contributed by atoms with Crippen molar-refractivity contribution in [2.24, 2.45) is 11.8 Å². The number of likely N-dealkylation sites (tertiary alicyclic amines) is 1. The molecule has 2 aliphatic heterocycles. The molecule has 2 saturated heterocycles. The van der Waals surface area contributed by atoms with Crippen LogP contribution in [-0.4, -0.2) is 41.5 Å². The number of carbonyl (C=O) groups excluding carboxylic acids is 3. The Labute approximate surface area is 125 Å². The molecule has 6 heteroatoms. The van der Waals surface area contributed by atoms with E-state index in [1.54, 1.807) is 4.90 Å². The highest BCUT2D eigenvalue weighted by molar-refractivity contribution is 6.03. The summed E-state index contributed by atoms with van der Waals surface area (Å²) in [4.78, 5) is 36.4. The topological polar surface area (TPSA) is 75.7 Å². The maximum absolute atomic E-state index is 12.0. The van der Waals surface area contributed by atoms with Crippen LogP contribution in [-0.2, 0) is 14.3 Å². The molecule has 2 fully saturated rings. The van der Waals surface area contributed by atoms with Crippen LogP contribution < -0.4 is 5.32 Å². The normalized spacial score (nSPS) is 24.1. The highest BCUT2D eigenvalue weighted by Gasteiger charge is 2.34. The van der Waals surface area contributed by atoms with E-state index in [1.807, 2.05) is 20.8 Å². The summed E-state index contributed by atoms with van der Waals surface area (Å²) >= 11 is 0. The summed E-state index contributed by atoms with van der Waals surface area (Å²) in [6.07, 6.45) is 2.49. The predicted molar refractivity (Wildman–Crippen MR) is 76.4 cm³/mol. The zero-order chi connectivity index (χ0) is 15.6. The fourth-order valence-corrected chi connectivity index (χ4v) is 2.88. The first-order chi connectivity index (χ1) is 9.74. The van der Waals surface area contributed by atoms with Crippen molar-refractivity contribution >= 4 is 17.9 Å². The van der Waals surface area contributed by atoms with Gasteiger partial charge in [0.2, 0.25) is 11.8 Å². The van der Waals surface area contributed by atoms with Gasteiger partial charge in [-0.25, -0.2) is 4.79 Å². The molecule has 1 N–H and O–H groups in total. The third-order valence-electron chi connectivity index (χ3n) is 3.95. The van der Waals surface area contributed by atoms with Gasteiger partial charge in [0.1, 0.15) is 5.60 Å². The van der Waals surface area contributed by atoms with Crippen molar-refractivity contribution in [2.75, 3.05) is 13.1 Å². The number of imide groups is 1. The van der Waals surface area contributed by atoms with E-state index < -0.39 is 5.60 Å². The maximum Gasteiger partial charge on any atom is 0.410 e. The van der Waals surface area contributed by atoms with Crippen LogP contribution in [0.25, 0.3) is 0 Å². The minimum absolute atomic E-state index is 0.144. The first-order valence-corrected chi connectivity index (χ1v) is 7.56. The molecule has 3 amide bonds. The van der Waals surface area contributed by atoms with E-state index in [4.69, 9.17) is 4.74 Å². The number of rotatable bonds is 2. The maximum atomic E-state index is 12.0. The molecule has 0 saturated carbocycles. The number of amides is 3. The molecule has 0 aromatic heterocycles. The van der Waals surface area contributed by atoms with Gasteiger partial charge in [-0.1, -0.05) is 0 Å². The monoisotopic (exact) mass is 296 g/mol. The minimum atomic E-state index is -0.476. The molecule has 6 nitrogen and oxygen atoms in total. The molecule has 118 valence electrons. The lowest BCUT2D eigenvalue weighted by Crippen LogP contribution is -2.42. The molecule has 1 atom stereocenters. The van der Waals surface area contributed by atoms with Crippen molar-refractivity contribution in [2.45, 2.75) is 52.1 Å². The largest absolute Gasteiger partial charge is 0.444 e. The van der Waals surface area contributed by atoms with Crippen molar-refractivity contribution in [3.05, 3.63) is 0 Å². The average Bonchev–Trinajstić information content (AvgIpc) is 2.66. The van der Waals surface area contributed by atoms with Crippen LogP contribution in [0.5, 0.6) is 0 Å². The number of carbonyl (C=O) groups is 3. The molecule has 1 unspecified atom stereocenters. The van der Waals surface area contributed by atoms with Crippen molar-refractivity contribution < 1.29 is 19.1 Å². The third-order valence-corrected chi connectivity index (χ3v) is 3.95. The number of ether oxygens (including phenoxy) is 1. The second-order valence-electron chi connectivity index (χ2n) is 6.96. The minimum Gasteiger partial charge on any atom is -0.444 e. The summed E-state index contributed by atoms with van der Waals surface area (Å²) < 4.78 is 5.36. The predicted octanol–water partition coefficient (Wildman–Crippen LogP) is 1.69. The van der Waals surface area contributed by atoms with Crippen LogP contribution in [0.15, 0.2) is 0 Å². The summed E-state index contributed by atoms with van der Waals surface area (Å²) in [6.45, 7) is 6.87. The molecule has 2 rings (SSSR count). The van der Waals surface area contributed by atoms with Crippen LogP contribution in [0.2, 0.25) is 0 Å². The van der Waals surface area contributed by atoms with Crippen LogP contribution in [0.3, 0.4) is 0 Å². The van der Waals surface area contributed by atoms with Gasteiger partial charge >= 0.3 is 6.09 Å². The van der Waals surface area contributed by atoms with Crippen LogP contribution in [0.1, 0.15) is 46.5 Å².